The fourth-order valence-electron chi connectivity index (χ4n) is 1.65. The Bertz CT molecular complexity index is 300. The van der Waals surface area contributed by atoms with Crippen molar-refractivity contribution < 1.29 is 8.78 Å². The molecule has 0 heterocycles. The van der Waals surface area contributed by atoms with E-state index < -0.39 is 12.0 Å². The van der Waals surface area contributed by atoms with Gasteiger partial charge in [-0.25, -0.2) is 8.78 Å². The number of nitrogens with one attached hydrogen (secondary N) is 1. The monoisotopic (exact) mass is 227 g/mol. The molecule has 0 aliphatic rings. The van der Waals surface area contributed by atoms with Crippen LogP contribution in [0, 0.1) is 0 Å². The molecule has 1 rings (SSSR count). The van der Waals surface area contributed by atoms with Crippen molar-refractivity contribution in [1.82, 2.24) is 5.32 Å². The van der Waals surface area contributed by atoms with Crippen LogP contribution < -0.4 is 5.32 Å². The molecule has 1 aromatic carbocycles. The Morgan fingerprint density at radius 1 is 1.25 bits per heavy atom. The van der Waals surface area contributed by atoms with E-state index in [-0.39, 0.29) is 0 Å². The normalized spacial score (nSPS) is 15.1. The fourth-order valence-corrected chi connectivity index (χ4v) is 1.65. The molecule has 90 valence electrons. The molecule has 0 saturated carbocycles. The zero-order valence-corrected chi connectivity index (χ0v) is 9.84. The Kier molecular flexibility index (Phi) is 4.87. The van der Waals surface area contributed by atoms with E-state index in [1.54, 1.807) is 6.92 Å². The lowest BCUT2D eigenvalue weighted by Crippen LogP contribution is -2.50. The minimum Gasteiger partial charge on any atom is -0.306 e. The first-order chi connectivity index (χ1) is 7.58. The van der Waals surface area contributed by atoms with Gasteiger partial charge in [0.05, 0.1) is 5.54 Å². The van der Waals surface area contributed by atoms with Gasteiger partial charge in [-0.2, -0.15) is 0 Å². The average Bonchev–Trinajstić information content (AvgIpc) is 2.27. The molecule has 1 N–H and O–H groups in total. The van der Waals surface area contributed by atoms with E-state index in [0.717, 1.165) is 12.0 Å². The number of benzene rings is 1. The van der Waals surface area contributed by atoms with Gasteiger partial charge in [-0.3, -0.25) is 0 Å². The van der Waals surface area contributed by atoms with Gasteiger partial charge in [0.25, 0.3) is 6.43 Å². The summed E-state index contributed by atoms with van der Waals surface area (Å²) in [6.07, 6.45) is -1.15. The van der Waals surface area contributed by atoms with E-state index in [2.05, 4.69) is 5.32 Å². The lowest BCUT2D eigenvalue weighted by Gasteiger charge is -2.30. The van der Waals surface area contributed by atoms with Gasteiger partial charge in [-0.1, -0.05) is 37.3 Å². The molecule has 0 amide bonds. The van der Waals surface area contributed by atoms with E-state index >= 15 is 0 Å². The maximum atomic E-state index is 13.0. The van der Waals surface area contributed by atoms with Crippen LogP contribution >= 0.6 is 0 Å². The first-order valence-electron chi connectivity index (χ1n) is 5.65. The lowest BCUT2D eigenvalue weighted by atomic mass is 9.93. The lowest BCUT2D eigenvalue weighted by molar-refractivity contribution is 0.0406. The second kappa shape index (κ2) is 5.94. The third-order valence-corrected chi connectivity index (χ3v) is 2.67. The molecule has 0 aliphatic heterocycles. The Morgan fingerprint density at radius 2 is 1.88 bits per heavy atom. The van der Waals surface area contributed by atoms with Gasteiger partial charge < -0.3 is 5.32 Å². The van der Waals surface area contributed by atoms with E-state index in [0.29, 0.717) is 13.0 Å². The van der Waals surface area contributed by atoms with Gasteiger partial charge >= 0.3 is 0 Å². The number of hydrogen-bond donors (Lipinski definition) is 1. The summed E-state index contributed by atoms with van der Waals surface area (Å²) in [4.78, 5) is 0. The molecule has 16 heavy (non-hydrogen) atoms. The van der Waals surface area contributed by atoms with Crippen LogP contribution in [0.5, 0.6) is 0 Å². The van der Waals surface area contributed by atoms with Crippen LogP contribution in [0.3, 0.4) is 0 Å². The fraction of sp³-hybridized carbons (Fsp3) is 0.538. The van der Waals surface area contributed by atoms with Crippen molar-refractivity contribution in [2.45, 2.75) is 38.7 Å². The molecule has 1 atom stereocenters. The maximum absolute atomic E-state index is 13.0. The standard InChI is InChI=1S/C13H19F2N/c1-3-9-16-13(2,12(14)15)10-11-7-5-4-6-8-11/h4-8,12,16H,3,9-10H2,1-2H3. The summed E-state index contributed by atoms with van der Waals surface area (Å²) in [6, 6.07) is 9.41. The van der Waals surface area contributed by atoms with Crippen molar-refractivity contribution in [2.24, 2.45) is 0 Å². The number of alkyl halides is 2. The summed E-state index contributed by atoms with van der Waals surface area (Å²) in [5.74, 6) is 0. The summed E-state index contributed by atoms with van der Waals surface area (Å²) in [5.41, 5.74) is -0.189. The Hall–Kier alpha value is -0.960. The largest absolute Gasteiger partial charge is 0.306 e. The van der Waals surface area contributed by atoms with E-state index in [4.69, 9.17) is 0 Å². The molecule has 0 saturated heterocycles. The Balaban J connectivity index is 2.71. The highest BCUT2D eigenvalue weighted by Crippen LogP contribution is 2.21. The molecular weight excluding hydrogens is 208 g/mol. The molecule has 0 aromatic heterocycles. The molecule has 0 fully saturated rings. The van der Waals surface area contributed by atoms with Crippen LogP contribution in [-0.2, 0) is 6.42 Å². The van der Waals surface area contributed by atoms with E-state index in [1.807, 2.05) is 37.3 Å². The Morgan fingerprint density at radius 3 is 2.38 bits per heavy atom. The summed E-state index contributed by atoms with van der Waals surface area (Å²) in [7, 11) is 0. The van der Waals surface area contributed by atoms with Gasteiger partial charge in [0.15, 0.2) is 0 Å². The molecule has 0 bridgehead atoms. The van der Waals surface area contributed by atoms with Crippen molar-refractivity contribution >= 4 is 0 Å². The second-order valence-corrected chi connectivity index (χ2v) is 4.31. The van der Waals surface area contributed by atoms with Crippen LogP contribution in [0.25, 0.3) is 0 Å². The first kappa shape index (κ1) is 13.1. The van der Waals surface area contributed by atoms with Crippen molar-refractivity contribution in [3.8, 4) is 0 Å². The average molecular weight is 227 g/mol. The van der Waals surface area contributed by atoms with Crippen molar-refractivity contribution in [3.63, 3.8) is 0 Å². The summed E-state index contributed by atoms with van der Waals surface area (Å²) in [6.45, 7) is 4.18. The van der Waals surface area contributed by atoms with E-state index in [9.17, 15) is 8.78 Å². The van der Waals surface area contributed by atoms with Gasteiger partial charge in [0.1, 0.15) is 0 Å². The first-order valence-corrected chi connectivity index (χ1v) is 5.65. The predicted molar refractivity (Wildman–Crippen MR) is 62.8 cm³/mol. The zero-order chi connectivity index (χ0) is 12.0. The van der Waals surface area contributed by atoms with Crippen molar-refractivity contribution in [2.75, 3.05) is 6.54 Å². The summed E-state index contributed by atoms with van der Waals surface area (Å²) in [5, 5.41) is 2.94. The summed E-state index contributed by atoms with van der Waals surface area (Å²) >= 11 is 0. The molecule has 1 nitrogen and oxygen atoms in total. The SMILES string of the molecule is CCCNC(C)(Cc1ccccc1)C(F)F. The maximum Gasteiger partial charge on any atom is 0.256 e. The van der Waals surface area contributed by atoms with E-state index in [1.165, 1.54) is 0 Å². The molecule has 1 unspecified atom stereocenters. The second-order valence-electron chi connectivity index (χ2n) is 4.31. The van der Waals surface area contributed by atoms with Crippen LogP contribution in [0.15, 0.2) is 30.3 Å². The number of halogens is 2. The molecular formula is C13H19F2N. The molecule has 0 aliphatic carbocycles. The van der Waals surface area contributed by atoms with Crippen LogP contribution in [0.2, 0.25) is 0 Å². The zero-order valence-electron chi connectivity index (χ0n) is 9.84. The van der Waals surface area contributed by atoms with Gasteiger partial charge in [0.2, 0.25) is 0 Å². The minimum absolute atomic E-state index is 0.353. The van der Waals surface area contributed by atoms with Gasteiger partial charge in [-0.05, 0) is 31.9 Å². The summed E-state index contributed by atoms with van der Waals surface area (Å²) < 4.78 is 26.1. The van der Waals surface area contributed by atoms with Crippen molar-refractivity contribution in [1.29, 1.82) is 0 Å². The Labute approximate surface area is 95.9 Å². The highest BCUT2D eigenvalue weighted by molar-refractivity contribution is 5.18. The van der Waals surface area contributed by atoms with Crippen LogP contribution in [-0.4, -0.2) is 18.5 Å². The number of rotatable bonds is 6. The molecule has 0 radical (unpaired) electrons. The topological polar surface area (TPSA) is 12.0 Å². The van der Waals surface area contributed by atoms with Gasteiger partial charge in [-0.15, -0.1) is 0 Å². The van der Waals surface area contributed by atoms with Gasteiger partial charge in [0, 0.05) is 0 Å². The van der Waals surface area contributed by atoms with Crippen LogP contribution in [0.1, 0.15) is 25.8 Å². The smallest absolute Gasteiger partial charge is 0.256 e. The highest BCUT2D eigenvalue weighted by Gasteiger charge is 2.34. The molecule has 3 heteroatoms. The third kappa shape index (κ3) is 3.56. The van der Waals surface area contributed by atoms with Crippen molar-refractivity contribution in [3.05, 3.63) is 35.9 Å². The predicted octanol–water partition coefficient (Wildman–Crippen LogP) is 3.25. The van der Waals surface area contributed by atoms with Crippen LogP contribution in [0.4, 0.5) is 8.78 Å². The molecule has 1 aromatic rings. The minimum atomic E-state index is -2.36. The highest BCUT2D eigenvalue weighted by atomic mass is 19.3. The molecule has 0 spiro atoms. The quantitative estimate of drug-likeness (QED) is 0.786. The number of hydrogen-bond acceptors (Lipinski definition) is 1. The third-order valence-electron chi connectivity index (χ3n) is 2.67.